The Hall–Kier alpha value is -0.970. The summed E-state index contributed by atoms with van der Waals surface area (Å²) in [7, 11) is 0. The lowest BCUT2D eigenvalue weighted by molar-refractivity contribution is 0.0836. The van der Waals surface area contributed by atoms with E-state index in [1.807, 2.05) is 0 Å². The van der Waals surface area contributed by atoms with Crippen LogP contribution in [0.3, 0.4) is 0 Å². The van der Waals surface area contributed by atoms with Gasteiger partial charge in [0.25, 0.3) is 0 Å². The van der Waals surface area contributed by atoms with Gasteiger partial charge in [-0.05, 0) is 30.9 Å². The maximum Gasteiger partial charge on any atom is 0.124 e. The van der Waals surface area contributed by atoms with Crippen molar-refractivity contribution < 1.29 is 15.3 Å². The number of hydrogen-bond acceptors (Lipinski definition) is 4. The molecular formula is C13H20ClNO3. The topological polar surface area (TPSA) is 86.7 Å². The second kappa shape index (κ2) is 6.27. The van der Waals surface area contributed by atoms with Gasteiger partial charge in [0.05, 0.1) is 12.1 Å². The zero-order valence-corrected chi connectivity index (χ0v) is 10.9. The SMILES string of the molecule is Cl.N[C@@H](c1ccc(O)cc1O)[C@H](O)C1CCCC1. The third kappa shape index (κ3) is 3.07. The van der Waals surface area contributed by atoms with Crippen LogP contribution in [0, 0.1) is 5.92 Å². The molecule has 1 fully saturated rings. The fraction of sp³-hybridized carbons (Fsp3) is 0.538. The average molecular weight is 274 g/mol. The first kappa shape index (κ1) is 15.1. The highest BCUT2D eigenvalue weighted by molar-refractivity contribution is 5.85. The number of aromatic hydroxyl groups is 2. The lowest BCUT2D eigenvalue weighted by Crippen LogP contribution is -2.31. The normalized spacial score (nSPS) is 19.2. The largest absolute Gasteiger partial charge is 0.508 e. The van der Waals surface area contributed by atoms with Gasteiger partial charge in [0, 0.05) is 11.6 Å². The van der Waals surface area contributed by atoms with Gasteiger partial charge in [-0.15, -0.1) is 12.4 Å². The predicted molar refractivity (Wildman–Crippen MR) is 71.9 cm³/mol. The minimum absolute atomic E-state index is 0. The molecule has 1 aliphatic rings. The Kier molecular flexibility index (Phi) is 5.26. The van der Waals surface area contributed by atoms with E-state index in [-0.39, 0.29) is 29.8 Å². The van der Waals surface area contributed by atoms with Crippen LogP contribution in [0.15, 0.2) is 18.2 Å². The van der Waals surface area contributed by atoms with Crippen LogP contribution in [0.25, 0.3) is 0 Å². The molecular weight excluding hydrogens is 254 g/mol. The van der Waals surface area contributed by atoms with E-state index in [0.29, 0.717) is 5.56 Å². The Labute approximate surface area is 113 Å². The second-order valence-electron chi connectivity index (χ2n) is 4.80. The van der Waals surface area contributed by atoms with Gasteiger partial charge >= 0.3 is 0 Å². The van der Waals surface area contributed by atoms with Gasteiger partial charge in [-0.2, -0.15) is 0 Å². The van der Waals surface area contributed by atoms with Gasteiger partial charge in [0.15, 0.2) is 0 Å². The Bertz CT molecular complexity index is 394. The number of nitrogens with two attached hydrogens (primary N) is 1. The Morgan fingerprint density at radius 1 is 1.17 bits per heavy atom. The van der Waals surface area contributed by atoms with Crippen molar-refractivity contribution in [2.45, 2.75) is 37.8 Å². The number of aliphatic hydroxyl groups is 1. The van der Waals surface area contributed by atoms with Crippen LogP contribution in [-0.4, -0.2) is 21.4 Å². The number of hydrogen-bond donors (Lipinski definition) is 4. The van der Waals surface area contributed by atoms with E-state index in [1.54, 1.807) is 6.07 Å². The number of phenols is 2. The summed E-state index contributed by atoms with van der Waals surface area (Å²) < 4.78 is 0. The highest BCUT2D eigenvalue weighted by atomic mass is 35.5. The molecule has 0 aliphatic heterocycles. The van der Waals surface area contributed by atoms with Crippen molar-refractivity contribution in [3.63, 3.8) is 0 Å². The van der Waals surface area contributed by atoms with E-state index in [0.717, 1.165) is 25.7 Å². The number of phenolic OH excluding ortho intramolecular Hbond substituents is 2. The molecule has 102 valence electrons. The first-order valence-corrected chi connectivity index (χ1v) is 6.05. The third-order valence-corrected chi connectivity index (χ3v) is 3.62. The smallest absolute Gasteiger partial charge is 0.124 e. The second-order valence-corrected chi connectivity index (χ2v) is 4.80. The maximum atomic E-state index is 10.2. The molecule has 18 heavy (non-hydrogen) atoms. The number of rotatable bonds is 3. The molecule has 0 saturated heterocycles. The van der Waals surface area contributed by atoms with E-state index in [9.17, 15) is 15.3 Å². The van der Waals surface area contributed by atoms with E-state index < -0.39 is 12.1 Å². The summed E-state index contributed by atoms with van der Waals surface area (Å²) >= 11 is 0. The number of halogens is 1. The van der Waals surface area contributed by atoms with Gasteiger partial charge in [0.1, 0.15) is 11.5 Å². The molecule has 2 rings (SSSR count). The van der Waals surface area contributed by atoms with E-state index in [1.165, 1.54) is 12.1 Å². The molecule has 1 aromatic carbocycles. The van der Waals surface area contributed by atoms with Crippen molar-refractivity contribution in [2.75, 3.05) is 0 Å². The van der Waals surface area contributed by atoms with Crippen molar-refractivity contribution in [1.29, 1.82) is 0 Å². The molecule has 5 N–H and O–H groups in total. The molecule has 0 spiro atoms. The minimum Gasteiger partial charge on any atom is -0.508 e. The molecule has 1 aromatic rings. The number of benzene rings is 1. The average Bonchev–Trinajstić information content (AvgIpc) is 2.80. The molecule has 1 aliphatic carbocycles. The van der Waals surface area contributed by atoms with Crippen molar-refractivity contribution in [2.24, 2.45) is 11.7 Å². The molecule has 0 amide bonds. The van der Waals surface area contributed by atoms with Crippen LogP contribution in [0.4, 0.5) is 0 Å². The van der Waals surface area contributed by atoms with E-state index in [4.69, 9.17) is 5.73 Å². The third-order valence-electron chi connectivity index (χ3n) is 3.62. The van der Waals surface area contributed by atoms with Gasteiger partial charge in [0.2, 0.25) is 0 Å². The Morgan fingerprint density at radius 2 is 1.78 bits per heavy atom. The highest BCUT2D eigenvalue weighted by Crippen LogP contribution is 2.35. The first-order chi connectivity index (χ1) is 8.09. The van der Waals surface area contributed by atoms with E-state index >= 15 is 0 Å². The summed E-state index contributed by atoms with van der Waals surface area (Å²) in [6.45, 7) is 0. The molecule has 1 saturated carbocycles. The first-order valence-electron chi connectivity index (χ1n) is 6.05. The van der Waals surface area contributed by atoms with Crippen molar-refractivity contribution >= 4 is 12.4 Å². The van der Waals surface area contributed by atoms with Crippen molar-refractivity contribution in [3.05, 3.63) is 23.8 Å². The summed E-state index contributed by atoms with van der Waals surface area (Å²) in [5, 5.41) is 29.1. The quantitative estimate of drug-likeness (QED) is 0.679. The molecule has 0 heterocycles. The maximum absolute atomic E-state index is 10.2. The fourth-order valence-electron chi connectivity index (χ4n) is 2.59. The monoisotopic (exact) mass is 273 g/mol. The summed E-state index contributed by atoms with van der Waals surface area (Å²) in [4.78, 5) is 0. The molecule has 5 heteroatoms. The minimum atomic E-state index is -0.632. The summed E-state index contributed by atoms with van der Waals surface area (Å²) in [6, 6.07) is 3.68. The molecule has 2 atom stereocenters. The van der Waals surface area contributed by atoms with Crippen LogP contribution in [-0.2, 0) is 0 Å². The molecule has 0 aromatic heterocycles. The van der Waals surface area contributed by atoms with Gasteiger partial charge < -0.3 is 21.1 Å². The molecule has 0 bridgehead atoms. The van der Waals surface area contributed by atoms with Crippen LogP contribution in [0.2, 0.25) is 0 Å². The van der Waals surface area contributed by atoms with Crippen LogP contribution < -0.4 is 5.73 Å². The highest BCUT2D eigenvalue weighted by Gasteiger charge is 2.29. The van der Waals surface area contributed by atoms with Crippen molar-refractivity contribution in [3.8, 4) is 11.5 Å². The lowest BCUT2D eigenvalue weighted by Gasteiger charge is -2.25. The molecule has 0 radical (unpaired) electrons. The Morgan fingerprint density at radius 3 is 2.33 bits per heavy atom. The standard InChI is InChI=1S/C13H19NO3.ClH/c14-12(13(17)8-3-1-2-4-8)10-6-5-9(15)7-11(10)16;/h5-8,12-13,15-17H,1-4,14H2;1H/t12-,13+;/m0./s1. The predicted octanol–water partition coefficient (Wildman–Crippen LogP) is 2.07. The fourth-order valence-corrected chi connectivity index (χ4v) is 2.59. The van der Waals surface area contributed by atoms with Crippen molar-refractivity contribution in [1.82, 2.24) is 0 Å². The molecule has 4 nitrogen and oxygen atoms in total. The summed E-state index contributed by atoms with van der Waals surface area (Å²) in [6.07, 6.45) is 3.63. The van der Waals surface area contributed by atoms with E-state index in [2.05, 4.69) is 0 Å². The van der Waals surface area contributed by atoms with Crippen LogP contribution >= 0.6 is 12.4 Å². The lowest BCUT2D eigenvalue weighted by atomic mass is 9.90. The van der Waals surface area contributed by atoms with Crippen LogP contribution in [0.5, 0.6) is 11.5 Å². The summed E-state index contributed by atoms with van der Waals surface area (Å²) in [5.74, 6) is 0.154. The number of aliphatic hydroxyl groups excluding tert-OH is 1. The van der Waals surface area contributed by atoms with Crippen LogP contribution in [0.1, 0.15) is 37.3 Å². The zero-order chi connectivity index (χ0) is 12.4. The van der Waals surface area contributed by atoms with Gasteiger partial charge in [-0.3, -0.25) is 0 Å². The summed E-state index contributed by atoms with van der Waals surface area (Å²) in [5.41, 5.74) is 6.47. The van der Waals surface area contributed by atoms with Gasteiger partial charge in [-0.1, -0.05) is 12.8 Å². The van der Waals surface area contributed by atoms with Gasteiger partial charge in [-0.25, -0.2) is 0 Å². The molecule has 0 unspecified atom stereocenters. The zero-order valence-electron chi connectivity index (χ0n) is 10.1. The Balaban J connectivity index is 0.00000162.